The lowest BCUT2D eigenvalue weighted by molar-refractivity contribution is -0.136. The van der Waals surface area contributed by atoms with Gasteiger partial charge in [0.25, 0.3) is 5.91 Å². The van der Waals surface area contributed by atoms with Crippen LogP contribution < -0.4 is 15.4 Å². The third-order valence-electron chi connectivity index (χ3n) is 10.9. The van der Waals surface area contributed by atoms with E-state index in [-0.39, 0.29) is 23.4 Å². The minimum absolute atomic E-state index is 0.0221. The van der Waals surface area contributed by atoms with Crippen LogP contribution in [0.2, 0.25) is 11.1 Å². The lowest BCUT2D eigenvalue weighted by Gasteiger charge is -2.28. The maximum Gasteiger partial charge on any atom is 0.418 e. The van der Waals surface area contributed by atoms with Crippen molar-refractivity contribution < 1.29 is 36.3 Å². The van der Waals surface area contributed by atoms with Crippen molar-refractivity contribution in [1.82, 2.24) is 19.4 Å². The van der Waals surface area contributed by atoms with Crippen LogP contribution in [-0.2, 0) is 40.1 Å². The summed E-state index contributed by atoms with van der Waals surface area (Å²) in [6.07, 6.45) is -0.348. The number of carbonyl (C=O) groups is 2. The first kappa shape index (κ1) is 36.5. The van der Waals surface area contributed by atoms with Crippen molar-refractivity contribution in [3.8, 4) is 5.88 Å². The number of nitrogens with zero attached hydrogens (tertiary/aromatic N) is 4. The van der Waals surface area contributed by atoms with Gasteiger partial charge in [0.15, 0.2) is 0 Å². The zero-order valence-electron chi connectivity index (χ0n) is 29.8. The second-order valence-corrected chi connectivity index (χ2v) is 17.1. The van der Waals surface area contributed by atoms with Crippen molar-refractivity contribution >= 4 is 60.4 Å². The molecule has 10 nitrogen and oxygen atoms in total. The topological polar surface area (TPSA) is 111 Å². The van der Waals surface area contributed by atoms with Gasteiger partial charge in [0.2, 0.25) is 20.8 Å². The van der Waals surface area contributed by atoms with Gasteiger partial charge in [-0.1, -0.05) is 29.8 Å². The van der Waals surface area contributed by atoms with Crippen molar-refractivity contribution in [2.24, 2.45) is 0 Å². The molecule has 0 atom stereocenters. The molecule has 287 valence electrons. The standard InChI is InChI=1S/C40H34ClF4N6O4Si/c41-26-5-4-24(30(42)18-26)21-54-35-3-1-2-31(48-35)23-8-12-50(13-9-23)20-34-47-32-7-6-27(19-33(32)51(34)22-56-15-14-55-56)46-37(52)25-16-28-36(29(17-25)40(43,44)45)49-38(53)39(28)10-11-39/h1-8,16-19H,9-15,20-22H2,(H,46,52)(H,49,53). The van der Waals surface area contributed by atoms with Crippen LogP contribution in [0, 0.1) is 5.82 Å². The van der Waals surface area contributed by atoms with Gasteiger partial charge in [-0.05, 0) is 85.0 Å². The molecule has 2 fully saturated rings. The number of nitrogens with one attached hydrogen (secondary N) is 2. The van der Waals surface area contributed by atoms with Crippen LogP contribution in [0.3, 0.4) is 0 Å². The van der Waals surface area contributed by atoms with Crippen LogP contribution in [0.25, 0.3) is 16.6 Å². The predicted octanol–water partition coefficient (Wildman–Crippen LogP) is 7.91. The van der Waals surface area contributed by atoms with Crippen molar-refractivity contribution in [3.05, 3.63) is 117 Å². The third kappa shape index (κ3) is 6.97. The SMILES string of the molecule is O=C(Nc1ccc2nc(CN3CC=C(c4cccc(OCc5ccc(Cl)cc5F)n4)CC3)n(C[Si]3CCO3)c2c1)c1cc(C(F)(F)F)c2c(c1)C1(CC1)C(=O)N2. The molecule has 1 aliphatic carbocycles. The Labute approximate surface area is 325 Å². The van der Waals surface area contributed by atoms with E-state index in [1.165, 1.54) is 12.1 Å². The molecular weight excluding hydrogens is 768 g/mol. The molecule has 3 aromatic carbocycles. The minimum atomic E-state index is -4.76. The molecule has 2 N–H and O–H groups in total. The first-order valence-electron chi connectivity index (χ1n) is 18.2. The maximum atomic E-state index is 14.2. The quantitative estimate of drug-likeness (QED) is 0.109. The van der Waals surface area contributed by atoms with Gasteiger partial charge in [-0.3, -0.25) is 14.5 Å². The fourth-order valence-corrected chi connectivity index (χ4v) is 9.14. The van der Waals surface area contributed by atoms with E-state index in [4.69, 9.17) is 25.7 Å². The lowest BCUT2D eigenvalue weighted by atomic mass is 9.93. The summed E-state index contributed by atoms with van der Waals surface area (Å²) in [7, 11) is -1.09. The van der Waals surface area contributed by atoms with Crippen LogP contribution in [0.5, 0.6) is 5.88 Å². The Morgan fingerprint density at radius 2 is 1.93 bits per heavy atom. The number of hydrogen-bond donors (Lipinski definition) is 2. The monoisotopic (exact) mass is 801 g/mol. The molecule has 9 rings (SSSR count). The van der Waals surface area contributed by atoms with E-state index in [0.717, 1.165) is 59.8 Å². The Morgan fingerprint density at radius 3 is 2.64 bits per heavy atom. The average molecular weight is 802 g/mol. The molecule has 0 unspecified atom stereocenters. The number of anilines is 2. The largest absolute Gasteiger partial charge is 0.473 e. The van der Waals surface area contributed by atoms with Gasteiger partial charge in [0, 0.05) is 53.8 Å². The number of halogens is 5. The third-order valence-corrected chi connectivity index (χ3v) is 13.1. The smallest absolute Gasteiger partial charge is 0.418 e. The summed E-state index contributed by atoms with van der Waals surface area (Å²) < 4.78 is 70.4. The molecule has 0 bridgehead atoms. The number of fused-ring (bicyclic) bond motifs is 3. The number of aromatic nitrogens is 3. The molecule has 2 aromatic heterocycles. The predicted molar refractivity (Wildman–Crippen MR) is 203 cm³/mol. The van der Waals surface area contributed by atoms with Gasteiger partial charge in [-0.15, -0.1) is 0 Å². The number of hydrogen-bond acceptors (Lipinski definition) is 7. The summed E-state index contributed by atoms with van der Waals surface area (Å²) in [6, 6.07) is 18.5. The number of imidazole rings is 1. The fraction of sp³-hybridized carbons (Fsp3) is 0.300. The van der Waals surface area contributed by atoms with Crippen molar-refractivity contribution in [1.29, 1.82) is 0 Å². The first-order valence-corrected chi connectivity index (χ1v) is 20.4. The highest BCUT2D eigenvalue weighted by molar-refractivity contribution is 6.53. The molecule has 1 saturated carbocycles. The summed E-state index contributed by atoms with van der Waals surface area (Å²) in [5, 5.41) is 5.52. The van der Waals surface area contributed by atoms with E-state index in [2.05, 4.69) is 31.2 Å². The highest BCUT2D eigenvalue weighted by Crippen LogP contribution is 2.57. The van der Waals surface area contributed by atoms with E-state index in [9.17, 15) is 27.2 Å². The van der Waals surface area contributed by atoms with E-state index in [1.807, 2.05) is 12.1 Å². The fourth-order valence-electron chi connectivity index (χ4n) is 7.54. The van der Waals surface area contributed by atoms with Crippen molar-refractivity contribution in [3.63, 3.8) is 0 Å². The highest BCUT2D eigenvalue weighted by atomic mass is 35.5. The van der Waals surface area contributed by atoms with Crippen LogP contribution >= 0.6 is 11.6 Å². The summed E-state index contributed by atoms with van der Waals surface area (Å²) >= 11 is 5.87. The van der Waals surface area contributed by atoms with Gasteiger partial charge < -0.3 is 24.4 Å². The molecule has 1 spiro atoms. The van der Waals surface area contributed by atoms with Crippen molar-refractivity contribution in [2.75, 3.05) is 30.3 Å². The van der Waals surface area contributed by atoms with Crippen LogP contribution in [-0.4, -0.2) is 60.0 Å². The van der Waals surface area contributed by atoms with Crippen LogP contribution in [0.4, 0.5) is 28.9 Å². The van der Waals surface area contributed by atoms with Crippen LogP contribution in [0.1, 0.15) is 57.8 Å². The Kier molecular flexibility index (Phi) is 9.22. The number of pyridine rings is 1. The molecule has 1 saturated heterocycles. The average Bonchev–Trinajstić information content (AvgIpc) is 3.83. The lowest BCUT2D eigenvalue weighted by Crippen LogP contribution is -2.37. The summed E-state index contributed by atoms with van der Waals surface area (Å²) in [6.45, 7) is 2.70. The molecule has 56 heavy (non-hydrogen) atoms. The van der Waals surface area contributed by atoms with E-state index in [0.29, 0.717) is 54.3 Å². The number of benzene rings is 3. The van der Waals surface area contributed by atoms with E-state index >= 15 is 0 Å². The molecule has 4 aliphatic rings. The van der Waals surface area contributed by atoms with Gasteiger partial charge in [-0.2, -0.15) is 13.2 Å². The number of alkyl halides is 3. The Morgan fingerprint density at radius 1 is 1.09 bits per heavy atom. The normalized spacial score (nSPS) is 17.7. The number of ether oxygens (including phenoxy) is 1. The molecule has 1 radical (unpaired) electrons. The van der Waals surface area contributed by atoms with Crippen molar-refractivity contribution in [2.45, 2.75) is 56.2 Å². The Hall–Kier alpha value is -5.09. The van der Waals surface area contributed by atoms with Gasteiger partial charge in [0.1, 0.15) is 18.2 Å². The second-order valence-electron chi connectivity index (χ2n) is 14.5. The number of carbonyl (C=O) groups excluding carboxylic acids is 2. The Bertz CT molecular complexity index is 2450. The summed E-state index contributed by atoms with van der Waals surface area (Å²) in [5.74, 6) is -0.359. The minimum Gasteiger partial charge on any atom is -0.473 e. The molecule has 5 heterocycles. The highest BCUT2D eigenvalue weighted by Gasteiger charge is 2.58. The zero-order valence-corrected chi connectivity index (χ0v) is 31.6. The zero-order chi connectivity index (χ0) is 38.8. The summed E-state index contributed by atoms with van der Waals surface area (Å²) in [5.41, 5.74) is 1.96. The van der Waals surface area contributed by atoms with E-state index < -0.39 is 43.8 Å². The molecule has 2 amide bonds. The Balaban J connectivity index is 0.917. The van der Waals surface area contributed by atoms with Gasteiger partial charge in [0.05, 0.1) is 39.9 Å². The first-order chi connectivity index (χ1) is 26.9. The number of amides is 2. The van der Waals surface area contributed by atoms with Gasteiger partial charge >= 0.3 is 6.18 Å². The maximum absolute atomic E-state index is 14.2. The molecular formula is C40H34ClF4N6O4Si. The van der Waals surface area contributed by atoms with Gasteiger partial charge in [-0.25, -0.2) is 14.4 Å². The number of rotatable bonds is 10. The molecule has 16 heteroatoms. The second kappa shape index (κ2) is 14.1. The molecule has 5 aromatic rings. The van der Waals surface area contributed by atoms with Crippen LogP contribution in [0.15, 0.2) is 72.8 Å². The van der Waals surface area contributed by atoms with E-state index in [1.54, 1.807) is 36.4 Å². The summed E-state index contributed by atoms with van der Waals surface area (Å²) in [4.78, 5) is 38.0. The molecule has 3 aliphatic heterocycles.